The van der Waals surface area contributed by atoms with Crippen molar-refractivity contribution in [2.75, 3.05) is 46.5 Å². The molecule has 3 rings (SSSR count). The minimum Gasteiger partial charge on any atom is -0.493 e. The summed E-state index contributed by atoms with van der Waals surface area (Å²) in [6.07, 6.45) is 0. The van der Waals surface area contributed by atoms with E-state index in [0.717, 1.165) is 56.5 Å². The van der Waals surface area contributed by atoms with Gasteiger partial charge in [0.25, 0.3) is 0 Å². The molecule has 1 heterocycles. The van der Waals surface area contributed by atoms with Crippen molar-refractivity contribution in [3.05, 3.63) is 59.7 Å². The second-order valence-electron chi connectivity index (χ2n) is 6.65. The molecule has 0 bridgehead atoms. The third kappa shape index (κ3) is 5.73. The number of methoxy groups -OCH3 is 1. The Morgan fingerprint density at radius 2 is 1.81 bits per heavy atom. The third-order valence-corrected chi connectivity index (χ3v) is 4.75. The normalized spacial score (nSPS) is 15.0. The van der Waals surface area contributed by atoms with Crippen LogP contribution in [-0.4, -0.2) is 46.5 Å². The van der Waals surface area contributed by atoms with Crippen LogP contribution in [0.3, 0.4) is 0 Å². The number of morpholine rings is 1. The van der Waals surface area contributed by atoms with Crippen molar-refractivity contribution in [3.8, 4) is 11.5 Å². The lowest BCUT2D eigenvalue weighted by Gasteiger charge is -2.22. The predicted molar refractivity (Wildman–Crippen MR) is 101 cm³/mol. The van der Waals surface area contributed by atoms with Gasteiger partial charge in [0, 0.05) is 5.56 Å². The molecule has 140 valence electrons. The highest BCUT2D eigenvalue weighted by atomic mass is 16.5. The molecule has 1 fully saturated rings. The summed E-state index contributed by atoms with van der Waals surface area (Å²) in [7, 11) is 1.69. The van der Waals surface area contributed by atoms with Gasteiger partial charge in [0.05, 0.1) is 20.3 Å². The minimum atomic E-state index is 0.547. The number of benzene rings is 2. The molecule has 26 heavy (non-hydrogen) atoms. The largest absolute Gasteiger partial charge is 0.493 e. The van der Waals surface area contributed by atoms with Crippen molar-refractivity contribution in [1.82, 2.24) is 0 Å². The molecule has 5 nitrogen and oxygen atoms in total. The summed E-state index contributed by atoms with van der Waals surface area (Å²) in [6.45, 7) is 7.89. The number of rotatable bonds is 9. The number of quaternary nitrogens is 2. The lowest BCUT2D eigenvalue weighted by atomic mass is 10.2. The summed E-state index contributed by atoms with van der Waals surface area (Å²) in [5.74, 6) is 1.59. The Morgan fingerprint density at radius 3 is 2.58 bits per heavy atom. The fourth-order valence-corrected chi connectivity index (χ4v) is 3.18. The lowest BCUT2D eigenvalue weighted by Crippen LogP contribution is -3.16. The van der Waals surface area contributed by atoms with Crippen molar-refractivity contribution in [2.45, 2.75) is 13.2 Å². The van der Waals surface area contributed by atoms with Crippen molar-refractivity contribution in [3.63, 3.8) is 0 Å². The van der Waals surface area contributed by atoms with Crippen LogP contribution in [0.2, 0.25) is 0 Å². The van der Waals surface area contributed by atoms with Crippen LogP contribution in [0.1, 0.15) is 11.1 Å². The second kappa shape index (κ2) is 10.2. The van der Waals surface area contributed by atoms with E-state index < -0.39 is 0 Å². The molecule has 5 heteroatoms. The number of hydrogen-bond donors (Lipinski definition) is 2. The van der Waals surface area contributed by atoms with Crippen LogP contribution in [0.4, 0.5) is 0 Å². The predicted octanol–water partition coefficient (Wildman–Crippen LogP) is 0.253. The van der Waals surface area contributed by atoms with Gasteiger partial charge in [-0.05, 0) is 23.8 Å². The molecule has 1 aliphatic heterocycles. The number of nitrogens with two attached hydrogens (primary N) is 1. The van der Waals surface area contributed by atoms with Gasteiger partial charge in [-0.1, -0.05) is 30.3 Å². The maximum absolute atomic E-state index is 5.92. The van der Waals surface area contributed by atoms with Gasteiger partial charge in [-0.25, -0.2) is 0 Å². The van der Waals surface area contributed by atoms with Crippen LogP contribution in [0.15, 0.2) is 48.5 Å². The molecule has 2 aromatic rings. The fraction of sp³-hybridized carbons (Fsp3) is 0.429. The first-order valence-corrected chi connectivity index (χ1v) is 9.42. The Balaban J connectivity index is 1.46. The molecule has 0 saturated carbocycles. The van der Waals surface area contributed by atoms with Gasteiger partial charge in [-0.2, -0.15) is 0 Å². The number of ether oxygens (including phenoxy) is 3. The van der Waals surface area contributed by atoms with Gasteiger partial charge in [-0.3, -0.25) is 0 Å². The van der Waals surface area contributed by atoms with E-state index in [1.807, 2.05) is 24.3 Å². The zero-order chi connectivity index (χ0) is 18.0. The van der Waals surface area contributed by atoms with Crippen LogP contribution >= 0.6 is 0 Å². The smallest absolute Gasteiger partial charge is 0.161 e. The maximum Gasteiger partial charge on any atom is 0.161 e. The van der Waals surface area contributed by atoms with E-state index in [-0.39, 0.29) is 0 Å². The molecule has 0 aromatic heterocycles. The van der Waals surface area contributed by atoms with E-state index in [2.05, 4.69) is 29.6 Å². The first-order chi connectivity index (χ1) is 12.8. The van der Waals surface area contributed by atoms with Gasteiger partial charge in [0.2, 0.25) is 0 Å². The summed E-state index contributed by atoms with van der Waals surface area (Å²) < 4.78 is 16.8. The monoisotopic (exact) mass is 358 g/mol. The first kappa shape index (κ1) is 18.7. The Kier molecular flexibility index (Phi) is 7.31. The van der Waals surface area contributed by atoms with Crippen LogP contribution in [-0.2, 0) is 17.9 Å². The molecule has 0 radical (unpaired) electrons. The molecule has 3 N–H and O–H groups in total. The van der Waals surface area contributed by atoms with Crippen molar-refractivity contribution in [1.29, 1.82) is 0 Å². The van der Waals surface area contributed by atoms with Crippen LogP contribution in [0, 0.1) is 0 Å². The van der Waals surface area contributed by atoms with Gasteiger partial charge in [0.15, 0.2) is 11.5 Å². The molecule has 2 aromatic carbocycles. The highest BCUT2D eigenvalue weighted by molar-refractivity contribution is 5.42. The second-order valence-corrected chi connectivity index (χ2v) is 6.65. The van der Waals surface area contributed by atoms with Gasteiger partial charge < -0.3 is 24.4 Å². The molecular formula is C21H30N2O3+2. The average Bonchev–Trinajstić information content (AvgIpc) is 2.71. The summed E-state index contributed by atoms with van der Waals surface area (Å²) in [5.41, 5.74) is 2.41. The molecule has 1 saturated heterocycles. The zero-order valence-corrected chi connectivity index (χ0v) is 15.6. The third-order valence-electron chi connectivity index (χ3n) is 4.75. The van der Waals surface area contributed by atoms with Gasteiger partial charge in [0.1, 0.15) is 39.3 Å². The SMILES string of the molecule is COc1cc(C[NH2+]CC[NH+]2CCOCC2)ccc1OCc1ccccc1. The molecule has 0 spiro atoms. The average molecular weight is 358 g/mol. The van der Waals surface area contributed by atoms with E-state index in [0.29, 0.717) is 6.61 Å². The molecule has 0 atom stereocenters. The number of hydrogen-bond acceptors (Lipinski definition) is 3. The van der Waals surface area contributed by atoms with E-state index in [1.165, 1.54) is 12.1 Å². The molecule has 0 aliphatic carbocycles. The van der Waals surface area contributed by atoms with Gasteiger partial charge in [-0.15, -0.1) is 0 Å². The Morgan fingerprint density at radius 1 is 1.00 bits per heavy atom. The Hall–Kier alpha value is -2.08. The van der Waals surface area contributed by atoms with Crippen LogP contribution < -0.4 is 19.7 Å². The summed E-state index contributed by atoms with van der Waals surface area (Å²) in [6, 6.07) is 16.4. The van der Waals surface area contributed by atoms with Crippen LogP contribution in [0.25, 0.3) is 0 Å². The maximum atomic E-state index is 5.92. The summed E-state index contributed by atoms with van der Waals surface area (Å²) >= 11 is 0. The molecule has 1 aliphatic rings. The first-order valence-electron chi connectivity index (χ1n) is 9.42. The Labute approximate surface area is 155 Å². The highest BCUT2D eigenvalue weighted by Gasteiger charge is 2.14. The van der Waals surface area contributed by atoms with Crippen molar-refractivity contribution < 1.29 is 24.4 Å². The quantitative estimate of drug-likeness (QED) is 0.632. The summed E-state index contributed by atoms with van der Waals surface area (Å²) in [5, 5.41) is 2.36. The molecule has 0 unspecified atom stereocenters. The highest BCUT2D eigenvalue weighted by Crippen LogP contribution is 2.28. The van der Waals surface area contributed by atoms with Crippen molar-refractivity contribution >= 4 is 0 Å². The molecular weight excluding hydrogens is 328 g/mol. The lowest BCUT2D eigenvalue weighted by molar-refractivity contribution is -0.920. The number of nitrogens with one attached hydrogen (secondary N) is 1. The Bertz CT molecular complexity index is 658. The summed E-state index contributed by atoms with van der Waals surface area (Å²) in [4.78, 5) is 1.65. The fourth-order valence-electron chi connectivity index (χ4n) is 3.18. The topological polar surface area (TPSA) is 48.7 Å². The standard InChI is InChI=1S/C21H28N2O3/c1-24-21-15-19(16-22-9-10-23-11-13-25-14-12-23)7-8-20(21)26-17-18-5-3-2-4-6-18/h2-8,15,22H,9-14,16-17H2,1H3/p+2. The zero-order valence-electron chi connectivity index (χ0n) is 15.6. The van der Waals surface area contributed by atoms with E-state index in [1.54, 1.807) is 12.0 Å². The minimum absolute atomic E-state index is 0.547. The van der Waals surface area contributed by atoms with Crippen LogP contribution in [0.5, 0.6) is 11.5 Å². The molecule has 0 amide bonds. The van der Waals surface area contributed by atoms with Gasteiger partial charge >= 0.3 is 0 Å². The van der Waals surface area contributed by atoms with E-state index in [4.69, 9.17) is 14.2 Å². The van der Waals surface area contributed by atoms with Crippen molar-refractivity contribution in [2.24, 2.45) is 0 Å². The van der Waals surface area contributed by atoms with E-state index in [9.17, 15) is 0 Å². The van der Waals surface area contributed by atoms with E-state index >= 15 is 0 Å².